The molecule has 0 heterocycles. The molecule has 0 saturated heterocycles. The van der Waals surface area contributed by atoms with E-state index in [9.17, 15) is 0 Å². The third kappa shape index (κ3) is 4.73. The predicted molar refractivity (Wildman–Crippen MR) is 72.0 cm³/mol. The number of nitrogens with one attached hydrogen (secondary N) is 1. The summed E-state index contributed by atoms with van der Waals surface area (Å²) >= 11 is 0. The molecule has 0 saturated carbocycles. The molecule has 5 heteroatoms. The molecular weight excluding hydrogens is 230 g/mol. The Morgan fingerprint density at radius 2 is 2.17 bits per heavy atom. The number of nitrogens with zero attached hydrogens (tertiary/aromatic N) is 1. The summed E-state index contributed by atoms with van der Waals surface area (Å²) in [6, 6.07) is 9.77. The van der Waals surface area contributed by atoms with Crippen molar-refractivity contribution in [2.45, 2.75) is 12.3 Å². The Morgan fingerprint density at radius 3 is 2.78 bits per heavy atom. The van der Waals surface area contributed by atoms with Crippen LogP contribution in [0.2, 0.25) is 0 Å². The van der Waals surface area contributed by atoms with Crippen LogP contribution in [0.25, 0.3) is 0 Å². The van der Waals surface area contributed by atoms with E-state index in [2.05, 4.69) is 10.5 Å². The Labute approximate surface area is 108 Å². The Morgan fingerprint density at radius 1 is 1.44 bits per heavy atom. The summed E-state index contributed by atoms with van der Waals surface area (Å²) < 4.78 is 4.97. The van der Waals surface area contributed by atoms with Gasteiger partial charge in [-0.05, 0) is 18.5 Å². The zero-order valence-corrected chi connectivity index (χ0v) is 10.7. The summed E-state index contributed by atoms with van der Waals surface area (Å²) in [6.45, 7) is 2.21. The van der Waals surface area contributed by atoms with Crippen LogP contribution in [0.3, 0.4) is 0 Å². The molecule has 0 aromatic heterocycles. The van der Waals surface area contributed by atoms with E-state index in [0.29, 0.717) is 6.54 Å². The van der Waals surface area contributed by atoms with Crippen LogP contribution < -0.4 is 11.1 Å². The van der Waals surface area contributed by atoms with Crippen molar-refractivity contribution >= 4 is 5.84 Å². The lowest BCUT2D eigenvalue weighted by Gasteiger charge is -2.16. The molecule has 1 atom stereocenters. The first kappa shape index (κ1) is 14.5. The van der Waals surface area contributed by atoms with Crippen LogP contribution in [0.1, 0.15) is 17.9 Å². The van der Waals surface area contributed by atoms with Crippen LogP contribution in [0, 0.1) is 0 Å². The highest BCUT2D eigenvalue weighted by Crippen LogP contribution is 2.14. The fraction of sp³-hybridized carbons (Fsp3) is 0.462. The van der Waals surface area contributed by atoms with Gasteiger partial charge < -0.3 is 21.0 Å². The molecule has 0 radical (unpaired) electrons. The highest BCUT2D eigenvalue weighted by Gasteiger charge is 2.15. The number of hydrogen-bond acceptors (Lipinski definition) is 4. The Hall–Kier alpha value is -1.59. The van der Waals surface area contributed by atoms with Gasteiger partial charge in [-0.15, -0.1) is 0 Å². The quantitative estimate of drug-likeness (QED) is 0.213. The van der Waals surface area contributed by atoms with Gasteiger partial charge in [0.25, 0.3) is 0 Å². The lowest BCUT2D eigenvalue weighted by atomic mass is 9.98. The SMILES string of the molecule is COCCCNCC(C(N)=NO)c1ccccc1. The monoisotopic (exact) mass is 251 g/mol. The highest BCUT2D eigenvalue weighted by atomic mass is 16.5. The second kappa shape index (κ2) is 8.49. The summed E-state index contributed by atoms with van der Waals surface area (Å²) in [5.74, 6) is 0.110. The van der Waals surface area contributed by atoms with Crippen molar-refractivity contribution in [2.24, 2.45) is 10.9 Å². The third-order valence-electron chi connectivity index (χ3n) is 2.72. The molecule has 0 spiro atoms. The van der Waals surface area contributed by atoms with Gasteiger partial charge in [0.1, 0.15) is 5.84 Å². The topological polar surface area (TPSA) is 79.9 Å². The summed E-state index contributed by atoms with van der Waals surface area (Å²) in [6.07, 6.45) is 0.939. The van der Waals surface area contributed by atoms with Crippen molar-refractivity contribution in [3.05, 3.63) is 35.9 Å². The van der Waals surface area contributed by atoms with E-state index in [1.807, 2.05) is 30.3 Å². The van der Waals surface area contributed by atoms with E-state index in [-0.39, 0.29) is 11.8 Å². The molecule has 1 aromatic rings. The maximum Gasteiger partial charge on any atom is 0.147 e. The fourth-order valence-electron chi connectivity index (χ4n) is 1.74. The minimum Gasteiger partial charge on any atom is -0.409 e. The summed E-state index contributed by atoms with van der Waals surface area (Å²) in [5.41, 5.74) is 6.76. The van der Waals surface area contributed by atoms with E-state index in [4.69, 9.17) is 15.7 Å². The Kier molecular flexibility index (Phi) is 6.83. The van der Waals surface area contributed by atoms with E-state index >= 15 is 0 Å². The first-order valence-electron chi connectivity index (χ1n) is 6.01. The number of methoxy groups -OCH3 is 1. The Bertz CT molecular complexity index is 355. The molecule has 0 fully saturated rings. The molecular formula is C13H21N3O2. The molecule has 4 N–H and O–H groups in total. The van der Waals surface area contributed by atoms with Crippen molar-refractivity contribution < 1.29 is 9.94 Å². The molecule has 1 rings (SSSR count). The lowest BCUT2D eigenvalue weighted by molar-refractivity contribution is 0.194. The molecule has 1 aromatic carbocycles. The van der Waals surface area contributed by atoms with Crippen LogP contribution in [0.5, 0.6) is 0 Å². The molecule has 5 nitrogen and oxygen atoms in total. The zero-order valence-electron chi connectivity index (χ0n) is 10.7. The third-order valence-corrected chi connectivity index (χ3v) is 2.72. The number of benzene rings is 1. The van der Waals surface area contributed by atoms with Crippen LogP contribution in [-0.2, 0) is 4.74 Å². The molecule has 1 unspecified atom stereocenters. The largest absolute Gasteiger partial charge is 0.409 e. The minimum absolute atomic E-state index is 0.112. The number of rotatable bonds is 8. The van der Waals surface area contributed by atoms with Gasteiger partial charge in [0.15, 0.2) is 0 Å². The normalized spacial score (nSPS) is 13.5. The average molecular weight is 251 g/mol. The second-order valence-corrected chi connectivity index (χ2v) is 4.04. The average Bonchev–Trinajstić information content (AvgIpc) is 2.43. The van der Waals surface area contributed by atoms with E-state index in [1.54, 1.807) is 7.11 Å². The highest BCUT2D eigenvalue weighted by molar-refractivity contribution is 5.87. The maximum absolute atomic E-state index is 8.82. The molecule has 0 amide bonds. The first-order valence-corrected chi connectivity index (χ1v) is 6.01. The minimum atomic E-state index is -0.112. The maximum atomic E-state index is 8.82. The number of oxime groups is 1. The van der Waals surface area contributed by atoms with Gasteiger partial charge in [0, 0.05) is 20.3 Å². The Balaban J connectivity index is 2.53. The van der Waals surface area contributed by atoms with Gasteiger partial charge in [-0.1, -0.05) is 35.5 Å². The molecule has 100 valence electrons. The van der Waals surface area contributed by atoms with E-state index in [0.717, 1.165) is 25.1 Å². The second-order valence-electron chi connectivity index (χ2n) is 4.04. The van der Waals surface area contributed by atoms with Gasteiger partial charge in [-0.25, -0.2) is 0 Å². The van der Waals surface area contributed by atoms with E-state index < -0.39 is 0 Å². The van der Waals surface area contributed by atoms with Gasteiger partial charge in [-0.3, -0.25) is 0 Å². The van der Waals surface area contributed by atoms with Crippen molar-refractivity contribution in [3.8, 4) is 0 Å². The standard InChI is InChI=1S/C13H21N3O2/c1-18-9-5-8-15-10-12(13(14)16-17)11-6-3-2-4-7-11/h2-4,6-7,12,15,17H,5,8-10H2,1H3,(H2,14,16). The van der Waals surface area contributed by atoms with Gasteiger partial charge >= 0.3 is 0 Å². The van der Waals surface area contributed by atoms with E-state index in [1.165, 1.54) is 0 Å². The van der Waals surface area contributed by atoms with Crippen molar-refractivity contribution in [1.82, 2.24) is 5.32 Å². The smallest absolute Gasteiger partial charge is 0.147 e. The number of ether oxygens (including phenoxy) is 1. The summed E-state index contributed by atoms with van der Waals surface area (Å²) in [4.78, 5) is 0. The van der Waals surface area contributed by atoms with Crippen LogP contribution >= 0.6 is 0 Å². The molecule has 0 aliphatic carbocycles. The van der Waals surface area contributed by atoms with Gasteiger partial charge in [0.2, 0.25) is 0 Å². The first-order chi connectivity index (χ1) is 8.79. The van der Waals surface area contributed by atoms with Gasteiger partial charge in [0.05, 0.1) is 5.92 Å². The van der Waals surface area contributed by atoms with Crippen molar-refractivity contribution in [3.63, 3.8) is 0 Å². The predicted octanol–water partition coefficient (Wildman–Crippen LogP) is 1.14. The fourth-order valence-corrected chi connectivity index (χ4v) is 1.74. The zero-order chi connectivity index (χ0) is 13.2. The lowest BCUT2D eigenvalue weighted by Crippen LogP contribution is -2.32. The number of hydrogen-bond donors (Lipinski definition) is 3. The summed E-state index contributed by atoms with van der Waals surface area (Å²) in [7, 11) is 1.68. The van der Waals surface area contributed by atoms with Crippen LogP contribution in [0.15, 0.2) is 35.5 Å². The molecule has 0 aliphatic rings. The number of amidine groups is 1. The van der Waals surface area contributed by atoms with Crippen LogP contribution in [-0.4, -0.2) is 37.8 Å². The number of nitrogens with two attached hydrogens (primary N) is 1. The summed E-state index contributed by atoms with van der Waals surface area (Å²) in [5, 5.41) is 15.2. The van der Waals surface area contributed by atoms with Crippen molar-refractivity contribution in [1.29, 1.82) is 0 Å². The molecule has 18 heavy (non-hydrogen) atoms. The molecule has 0 bridgehead atoms. The van der Waals surface area contributed by atoms with Crippen molar-refractivity contribution in [2.75, 3.05) is 26.8 Å². The van der Waals surface area contributed by atoms with Gasteiger partial charge in [-0.2, -0.15) is 0 Å². The van der Waals surface area contributed by atoms with Crippen LogP contribution in [0.4, 0.5) is 0 Å². The molecule has 0 aliphatic heterocycles.